The zero-order chi connectivity index (χ0) is 10.2. The third-order valence-corrected chi connectivity index (χ3v) is 5.57. The van der Waals surface area contributed by atoms with Gasteiger partial charge in [-0.05, 0) is 0 Å². The lowest BCUT2D eigenvalue weighted by atomic mass is 10.5. The third-order valence-electron chi connectivity index (χ3n) is 2.49. The molecule has 2 aliphatic rings. The molecular weight excluding hydrogens is 246 g/mol. The van der Waals surface area contributed by atoms with Gasteiger partial charge >= 0.3 is 7.67 Å². The summed E-state index contributed by atoms with van der Waals surface area (Å²) in [4.78, 5) is 0. The number of fused-ring (bicyclic) bond motifs is 1. The first-order chi connectivity index (χ1) is 6.72. The molecular formula is C7H13Cl2N2O2P. The van der Waals surface area contributed by atoms with Crippen LogP contribution in [0, 0.1) is 0 Å². The van der Waals surface area contributed by atoms with E-state index in [-0.39, 0.29) is 0 Å². The van der Waals surface area contributed by atoms with Crippen molar-refractivity contribution in [1.82, 2.24) is 9.34 Å². The molecule has 2 saturated heterocycles. The van der Waals surface area contributed by atoms with Crippen LogP contribution in [0.25, 0.3) is 0 Å². The Labute approximate surface area is 93.6 Å². The van der Waals surface area contributed by atoms with Crippen LogP contribution in [0.5, 0.6) is 0 Å². The highest BCUT2D eigenvalue weighted by atomic mass is 35.5. The van der Waals surface area contributed by atoms with Crippen LogP contribution in [-0.4, -0.2) is 53.4 Å². The van der Waals surface area contributed by atoms with E-state index in [0.29, 0.717) is 37.5 Å². The van der Waals surface area contributed by atoms with Gasteiger partial charge in [0, 0.05) is 31.4 Å². The van der Waals surface area contributed by atoms with Gasteiger partial charge in [0.2, 0.25) is 0 Å². The van der Waals surface area contributed by atoms with E-state index in [9.17, 15) is 4.57 Å². The minimum Gasteiger partial charge on any atom is -0.304 e. The molecule has 1 unspecified atom stereocenters. The van der Waals surface area contributed by atoms with Gasteiger partial charge in [0.25, 0.3) is 0 Å². The first-order valence-electron chi connectivity index (χ1n) is 4.61. The maximum absolute atomic E-state index is 12.4. The molecule has 0 aromatic rings. The molecule has 0 aliphatic carbocycles. The summed E-state index contributed by atoms with van der Waals surface area (Å²) in [5.41, 5.74) is 0. The monoisotopic (exact) mass is 258 g/mol. The number of hydrogen-bond acceptors (Lipinski definition) is 2. The van der Waals surface area contributed by atoms with E-state index in [1.54, 1.807) is 4.67 Å². The fourth-order valence-electron chi connectivity index (χ4n) is 1.68. The average molecular weight is 259 g/mol. The minimum absolute atomic E-state index is 0.369. The van der Waals surface area contributed by atoms with E-state index >= 15 is 0 Å². The minimum atomic E-state index is -2.73. The molecule has 2 aliphatic heterocycles. The van der Waals surface area contributed by atoms with Gasteiger partial charge in [0.05, 0.1) is 12.6 Å². The summed E-state index contributed by atoms with van der Waals surface area (Å²) in [6.07, 6.45) is 0. The molecule has 0 saturated carbocycles. The first kappa shape index (κ1) is 11.2. The number of halogens is 2. The molecule has 7 heteroatoms. The van der Waals surface area contributed by atoms with Crippen LogP contribution < -0.4 is 0 Å². The molecule has 0 bridgehead atoms. The van der Waals surface area contributed by atoms with Crippen molar-refractivity contribution in [3.8, 4) is 0 Å². The van der Waals surface area contributed by atoms with Crippen molar-refractivity contribution in [2.24, 2.45) is 0 Å². The summed E-state index contributed by atoms with van der Waals surface area (Å²) in [6, 6.07) is 0.369. The molecule has 0 radical (unpaired) electrons. The van der Waals surface area contributed by atoms with Crippen LogP contribution in [-0.2, 0) is 9.09 Å². The Hall–Kier alpha value is 0.690. The van der Waals surface area contributed by atoms with E-state index in [4.69, 9.17) is 27.7 Å². The Morgan fingerprint density at radius 1 is 1.43 bits per heavy atom. The summed E-state index contributed by atoms with van der Waals surface area (Å²) in [5.74, 6) is 0.894. The summed E-state index contributed by atoms with van der Waals surface area (Å²) < 4.78 is 21.4. The molecule has 0 aromatic carbocycles. The van der Waals surface area contributed by atoms with Crippen LogP contribution in [0.1, 0.15) is 0 Å². The van der Waals surface area contributed by atoms with Gasteiger partial charge < -0.3 is 4.52 Å². The highest BCUT2D eigenvalue weighted by Gasteiger charge is 2.57. The molecule has 0 aromatic heterocycles. The lowest BCUT2D eigenvalue weighted by Gasteiger charge is -2.27. The number of hydrogen-bond donors (Lipinski definition) is 0. The maximum atomic E-state index is 12.4. The molecule has 2 fully saturated rings. The van der Waals surface area contributed by atoms with Crippen molar-refractivity contribution in [3.05, 3.63) is 0 Å². The van der Waals surface area contributed by atoms with Crippen LogP contribution >= 0.6 is 30.9 Å². The van der Waals surface area contributed by atoms with E-state index in [1.807, 2.05) is 4.67 Å². The van der Waals surface area contributed by atoms with Crippen molar-refractivity contribution in [2.45, 2.75) is 6.04 Å². The molecule has 2 rings (SSSR count). The lowest BCUT2D eigenvalue weighted by Crippen LogP contribution is -2.27. The lowest BCUT2D eigenvalue weighted by molar-refractivity contribution is 0.284. The van der Waals surface area contributed by atoms with E-state index in [1.165, 1.54) is 0 Å². The Morgan fingerprint density at radius 2 is 2.07 bits per heavy atom. The summed E-state index contributed by atoms with van der Waals surface area (Å²) in [5, 5.41) is 0. The van der Waals surface area contributed by atoms with E-state index in [2.05, 4.69) is 0 Å². The van der Waals surface area contributed by atoms with Crippen molar-refractivity contribution < 1.29 is 9.09 Å². The standard InChI is InChI=1S/C7H13Cl2N2O2P/c8-1-3-10(4-2-9)14(12)11-5-7(11)6-13-14/h7H,1-6H2/t7-,11?,14-/m0/s1. The second-order valence-electron chi connectivity index (χ2n) is 3.39. The third kappa shape index (κ3) is 1.84. The van der Waals surface area contributed by atoms with Crippen LogP contribution in [0.15, 0.2) is 0 Å². The maximum Gasteiger partial charge on any atom is 0.346 e. The molecule has 0 amide bonds. The Balaban J connectivity index is 2.05. The van der Waals surface area contributed by atoms with Crippen LogP contribution in [0.2, 0.25) is 0 Å². The highest BCUT2D eigenvalue weighted by molar-refractivity contribution is 7.54. The SMILES string of the molecule is O=[P@@]1(N(CCCl)CCCl)OC[C@@H]2CN21. The topological polar surface area (TPSA) is 32.6 Å². The number of rotatable bonds is 5. The molecule has 0 spiro atoms. The van der Waals surface area contributed by atoms with Gasteiger partial charge in [-0.25, -0.2) is 9.34 Å². The fourth-order valence-corrected chi connectivity index (χ4v) is 4.90. The zero-order valence-corrected chi connectivity index (χ0v) is 10.1. The second kappa shape index (κ2) is 4.28. The first-order valence-corrected chi connectivity index (χ1v) is 7.21. The van der Waals surface area contributed by atoms with Crippen LogP contribution in [0.4, 0.5) is 0 Å². The van der Waals surface area contributed by atoms with Gasteiger partial charge in [0.15, 0.2) is 0 Å². The van der Waals surface area contributed by atoms with Gasteiger partial charge in [-0.15, -0.1) is 23.2 Å². The zero-order valence-electron chi connectivity index (χ0n) is 7.73. The number of nitrogens with zero attached hydrogens (tertiary/aromatic N) is 2. The highest BCUT2D eigenvalue weighted by Crippen LogP contribution is 2.65. The second-order valence-corrected chi connectivity index (χ2v) is 6.47. The normalized spacial score (nSPS) is 40.2. The van der Waals surface area contributed by atoms with Crippen molar-refractivity contribution in [2.75, 3.05) is 38.0 Å². The van der Waals surface area contributed by atoms with Gasteiger partial charge in [-0.2, -0.15) is 0 Å². The van der Waals surface area contributed by atoms with Crippen molar-refractivity contribution in [1.29, 1.82) is 0 Å². The predicted octanol–water partition coefficient (Wildman–Crippen LogP) is 1.59. The molecule has 3 atom stereocenters. The van der Waals surface area contributed by atoms with Crippen molar-refractivity contribution in [3.63, 3.8) is 0 Å². The average Bonchev–Trinajstić information content (AvgIpc) is 2.88. The summed E-state index contributed by atoms with van der Waals surface area (Å²) in [7, 11) is -2.73. The molecule has 2 heterocycles. The summed E-state index contributed by atoms with van der Waals surface area (Å²) >= 11 is 11.3. The quantitative estimate of drug-likeness (QED) is 0.426. The Bertz CT molecular complexity index is 260. The number of alkyl halides is 2. The van der Waals surface area contributed by atoms with Gasteiger partial charge in [0.1, 0.15) is 0 Å². The smallest absolute Gasteiger partial charge is 0.304 e. The van der Waals surface area contributed by atoms with Crippen molar-refractivity contribution >= 4 is 30.9 Å². The molecule has 14 heavy (non-hydrogen) atoms. The fraction of sp³-hybridized carbons (Fsp3) is 1.00. The molecule has 4 nitrogen and oxygen atoms in total. The molecule has 82 valence electrons. The van der Waals surface area contributed by atoms with E-state index < -0.39 is 7.67 Å². The molecule has 0 N–H and O–H groups in total. The van der Waals surface area contributed by atoms with E-state index in [0.717, 1.165) is 6.54 Å². The Morgan fingerprint density at radius 3 is 2.43 bits per heavy atom. The Kier molecular flexibility index (Phi) is 3.42. The van der Waals surface area contributed by atoms with Crippen LogP contribution in [0.3, 0.4) is 0 Å². The van der Waals surface area contributed by atoms with Gasteiger partial charge in [-0.1, -0.05) is 0 Å². The largest absolute Gasteiger partial charge is 0.346 e. The van der Waals surface area contributed by atoms with Gasteiger partial charge in [-0.3, -0.25) is 4.57 Å². The summed E-state index contributed by atoms with van der Waals surface area (Å²) in [6.45, 7) is 2.60. The predicted molar refractivity (Wildman–Crippen MR) is 57.1 cm³/mol.